The lowest BCUT2D eigenvalue weighted by atomic mass is 10.1. The van der Waals surface area contributed by atoms with Crippen molar-refractivity contribution in [3.05, 3.63) is 45.1 Å². The third kappa shape index (κ3) is 7.39. The van der Waals surface area contributed by atoms with E-state index in [1.165, 1.54) is 17.4 Å². The Bertz CT molecular complexity index is 1290. The van der Waals surface area contributed by atoms with Gasteiger partial charge in [0.05, 0.1) is 27.1 Å². The maximum atomic E-state index is 13.8. The molecule has 4 amide bonds. The number of anilines is 2. The number of hydrogen-bond acceptors (Lipinski definition) is 6. The van der Waals surface area contributed by atoms with Crippen LogP contribution in [0, 0.1) is 0 Å². The van der Waals surface area contributed by atoms with E-state index in [-0.39, 0.29) is 22.4 Å². The molecule has 218 valence electrons. The van der Waals surface area contributed by atoms with Crippen molar-refractivity contribution in [2.45, 2.75) is 24.6 Å². The molecule has 40 heavy (non-hydrogen) atoms. The second kappa shape index (κ2) is 12.4. The van der Waals surface area contributed by atoms with Crippen molar-refractivity contribution < 1.29 is 54.6 Å². The molecule has 0 aliphatic carbocycles. The maximum absolute atomic E-state index is 13.8. The average Bonchev–Trinajstić information content (AvgIpc) is 3.32. The van der Waals surface area contributed by atoms with Crippen LogP contribution in [0.4, 0.5) is 42.1 Å². The van der Waals surface area contributed by atoms with Gasteiger partial charge < -0.3 is 25.6 Å². The van der Waals surface area contributed by atoms with Gasteiger partial charge in [0.1, 0.15) is 12.6 Å². The highest BCUT2D eigenvalue weighted by atomic mass is 35.5. The summed E-state index contributed by atoms with van der Waals surface area (Å²) in [4.78, 5) is 49.8. The van der Waals surface area contributed by atoms with E-state index >= 15 is 0 Å². The van der Waals surface area contributed by atoms with Gasteiger partial charge in [0.15, 0.2) is 0 Å². The van der Waals surface area contributed by atoms with Crippen LogP contribution in [0.1, 0.15) is 15.2 Å². The second-order valence-corrected chi connectivity index (χ2v) is 9.80. The van der Waals surface area contributed by atoms with Crippen molar-refractivity contribution in [3.63, 3.8) is 0 Å². The van der Waals surface area contributed by atoms with Gasteiger partial charge in [0.2, 0.25) is 5.91 Å². The molecule has 0 spiro atoms. The molecule has 1 saturated heterocycles. The molecule has 0 saturated carbocycles. The number of amides is 4. The molecule has 1 atom stereocenters. The van der Waals surface area contributed by atoms with E-state index in [4.69, 9.17) is 16.3 Å². The molecule has 9 nitrogen and oxygen atoms in total. The van der Waals surface area contributed by atoms with E-state index in [1.807, 2.05) is 5.32 Å². The first-order chi connectivity index (χ1) is 18.6. The predicted octanol–water partition coefficient (Wildman–Crippen LogP) is 3.54. The average molecular weight is 619 g/mol. The van der Waals surface area contributed by atoms with Crippen molar-refractivity contribution in [2.75, 3.05) is 36.5 Å². The van der Waals surface area contributed by atoms with E-state index in [0.717, 1.165) is 28.4 Å². The summed E-state index contributed by atoms with van der Waals surface area (Å²) in [5.74, 6) is -10.8. The SMILES string of the molecule is O=C(NC[C@@H](NC(=O)C(F)(F)C(F)F)C(=O)Nc1ccc(N2CCOCC2=O)c(C(F)(F)F)c1)c1ccc(Cl)s1. The number of morpholine rings is 1. The molecule has 1 fully saturated rings. The predicted molar refractivity (Wildman–Crippen MR) is 128 cm³/mol. The molecule has 0 unspecified atom stereocenters. The zero-order valence-electron chi connectivity index (χ0n) is 19.8. The van der Waals surface area contributed by atoms with Gasteiger partial charge in [0, 0.05) is 18.8 Å². The minimum atomic E-state index is -5.22. The molecule has 2 aromatic rings. The first-order valence-corrected chi connectivity index (χ1v) is 12.2. The van der Waals surface area contributed by atoms with Gasteiger partial charge in [-0.3, -0.25) is 19.2 Å². The Morgan fingerprint density at radius 1 is 1.10 bits per heavy atom. The Morgan fingerprint density at radius 2 is 1.80 bits per heavy atom. The van der Waals surface area contributed by atoms with E-state index in [0.29, 0.717) is 6.07 Å². The van der Waals surface area contributed by atoms with E-state index in [2.05, 4.69) is 5.32 Å². The molecule has 1 aliphatic rings. The summed E-state index contributed by atoms with van der Waals surface area (Å²) in [7, 11) is 0. The smallest absolute Gasteiger partial charge is 0.370 e. The standard InChI is InChI=1S/C22H18ClF7N4O5S/c23-15-4-3-14(40-15)18(37)31-8-12(33-20(38)21(26,27)19(24)25)17(36)32-10-1-2-13(11(7-10)22(28,29)30)34-5-6-39-9-16(34)35/h1-4,7,12,19H,5-6,8-9H2,(H,31,37)(H,32,36)(H,33,38)/t12-/m1/s1. The van der Waals surface area contributed by atoms with Gasteiger partial charge >= 0.3 is 18.5 Å². The highest BCUT2D eigenvalue weighted by Crippen LogP contribution is 2.39. The summed E-state index contributed by atoms with van der Waals surface area (Å²) in [6, 6.07) is 2.79. The molecule has 0 bridgehead atoms. The Hall–Kier alpha value is -3.44. The number of nitrogens with zero attached hydrogens (tertiary/aromatic N) is 1. The molecule has 1 aliphatic heterocycles. The first kappa shape index (κ1) is 31.1. The fourth-order valence-corrected chi connectivity index (χ4v) is 4.32. The minimum absolute atomic E-state index is 0.0106. The summed E-state index contributed by atoms with van der Waals surface area (Å²) in [5.41, 5.74) is -2.42. The van der Waals surface area contributed by atoms with Gasteiger partial charge in [-0.05, 0) is 30.3 Å². The van der Waals surface area contributed by atoms with Crippen molar-refractivity contribution in [1.82, 2.24) is 10.6 Å². The van der Waals surface area contributed by atoms with E-state index in [1.54, 1.807) is 0 Å². The fraction of sp³-hybridized carbons (Fsp3) is 0.364. The van der Waals surface area contributed by atoms with E-state index < -0.39 is 78.3 Å². The zero-order valence-corrected chi connectivity index (χ0v) is 21.4. The summed E-state index contributed by atoms with van der Waals surface area (Å²) in [6.45, 7) is -1.59. The van der Waals surface area contributed by atoms with E-state index in [9.17, 15) is 49.9 Å². The Labute approximate surface area is 229 Å². The highest BCUT2D eigenvalue weighted by molar-refractivity contribution is 7.18. The van der Waals surface area contributed by atoms with Crippen LogP contribution in [0.3, 0.4) is 0 Å². The molecule has 0 radical (unpaired) electrons. The number of benzene rings is 1. The monoisotopic (exact) mass is 618 g/mol. The molecule has 3 N–H and O–H groups in total. The largest absolute Gasteiger partial charge is 0.418 e. The highest BCUT2D eigenvalue weighted by Gasteiger charge is 2.50. The lowest BCUT2D eigenvalue weighted by molar-refractivity contribution is -0.170. The lowest BCUT2D eigenvalue weighted by Crippen LogP contribution is -2.56. The van der Waals surface area contributed by atoms with Crippen molar-refractivity contribution in [3.8, 4) is 0 Å². The second-order valence-electron chi connectivity index (χ2n) is 8.08. The first-order valence-electron chi connectivity index (χ1n) is 11.0. The summed E-state index contributed by atoms with van der Waals surface area (Å²) in [6.07, 6.45) is -9.46. The normalized spacial score (nSPS) is 15.1. The lowest BCUT2D eigenvalue weighted by Gasteiger charge is -2.29. The molecular weight excluding hydrogens is 601 g/mol. The molecule has 2 heterocycles. The van der Waals surface area contributed by atoms with Crippen LogP contribution in [0.25, 0.3) is 0 Å². The Balaban J connectivity index is 1.85. The molecule has 18 heteroatoms. The number of ether oxygens (including phenoxy) is 1. The van der Waals surface area contributed by atoms with Gasteiger partial charge in [-0.2, -0.15) is 22.0 Å². The molecule has 1 aromatic carbocycles. The van der Waals surface area contributed by atoms with Crippen molar-refractivity contribution in [1.29, 1.82) is 0 Å². The molecule has 1 aromatic heterocycles. The zero-order chi connectivity index (χ0) is 29.8. The van der Waals surface area contributed by atoms with Crippen LogP contribution < -0.4 is 20.9 Å². The summed E-state index contributed by atoms with van der Waals surface area (Å²) >= 11 is 6.53. The Kier molecular flexibility index (Phi) is 9.63. The third-order valence-electron chi connectivity index (χ3n) is 5.31. The third-order valence-corrected chi connectivity index (χ3v) is 6.54. The number of halogens is 8. The maximum Gasteiger partial charge on any atom is 0.418 e. The number of thiophene rings is 1. The quantitative estimate of drug-likeness (QED) is 0.372. The van der Waals surface area contributed by atoms with Gasteiger partial charge in [-0.25, -0.2) is 8.78 Å². The number of alkyl halides is 7. The van der Waals surface area contributed by atoms with Crippen LogP contribution in [0.2, 0.25) is 4.34 Å². The van der Waals surface area contributed by atoms with Gasteiger partial charge in [0.25, 0.3) is 17.7 Å². The van der Waals surface area contributed by atoms with Crippen molar-refractivity contribution in [2.24, 2.45) is 0 Å². The topological polar surface area (TPSA) is 117 Å². The van der Waals surface area contributed by atoms with Crippen LogP contribution in [-0.2, 0) is 25.3 Å². The van der Waals surface area contributed by atoms with Crippen LogP contribution in [0.15, 0.2) is 30.3 Å². The molecular formula is C22H18ClF7N4O5S. The number of hydrogen-bond donors (Lipinski definition) is 3. The molecule has 3 rings (SSSR count). The van der Waals surface area contributed by atoms with Crippen LogP contribution >= 0.6 is 22.9 Å². The fourth-order valence-electron chi connectivity index (χ4n) is 3.36. The minimum Gasteiger partial charge on any atom is -0.370 e. The van der Waals surface area contributed by atoms with Crippen molar-refractivity contribution >= 4 is 57.9 Å². The summed E-state index contributed by atoms with van der Waals surface area (Å²) < 4.78 is 98.9. The number of nitrogens with one attached hydrogen (secondary N) is 3. The number of carbonyl (C=O) groups is 4. The van der Waals surface area contributed by atoms with Crippen LogP contribution in [-0.4, -0.2) is 68.3 Å². The van der Waals surface area contributed by atoms with Crippen LogP contribution in [0.5, 0.6) is 0 Å². The van der Waals surface area contributed by atoms with Gasteiger partial charge in [-0.1, -0.05) is 11.6 Å². The number of carbonyl (C=O) groups excluding carboxylic acids is 4. The Morgan fingerprint density at radius 3 is 2.38 bits per heavy atom. The number of rotatable bonds is 9. The summed E-state index contributed by atoms with van der Waals surface area (Å²) in [5, 5.41) is 5.47. The van der Waals surface area contributed by atoms with Gasteiger partial charge in [-0.15, -0.1) is 11.3 Å².